The Bertz CT molecular complexity index is 645. The van der Waals surface area contributed by atoms with Crippen LogP contribution in [-0.4, -0.2) is 36.8 Å². The molecule has 1 fully saturated rings. The monoisotopic (exact) mass is 433 g/mol. The van der Waals surface area contributed by atoms with Crippen molar-refractivity contribution in [2.45, 2.75) is 13.3 Å². The zero-order chi connectivity index (χ0) is 16.3. The Hall–Kier alpha value is -1.22. The summed E-state index contributed by atoms with van der Waals surface area (Å²) in [7, 11) is 3.14. The van der Waals surface area contributed by atoms with E-state index in [2.05, 4.69) is 22.6 Å². The van der Waals surface area contributed by atoms with Crippen molar-refractivity contribution in [1.29, 1.82) is 0 Å². The first-order valence-corrected chi connectivity index (χ1v) is 8.58. The summed E-state index contributed by atoms with van der Waals surface area (Å²) in [6.45, 7) is 2.38. The van der Waals surface area contributed by atoms with Gasteiger partial charge in [-0.2, -0.15) is 0 Å². The first-order chi connectivity index (χ1) is 10.5. The molecule has 7 heteroatoms. The van der Waals surface area contributed by atoms with Gasteiger partial charge >= 0.3 is 0 Å². The molecule has 5 nitrogen and oxygen atoms in total. The third-order valence-corrected chi connectivity index (χ3v) is 4.78. The number of thioether (sulfide) groups is 1. The van der Waals surface area contributed by atoms with E-state index in [-0.39, 0.29) is 11.1 Å². The lowest BCUT2D eigenvalue weighted by Gasteiger charge is -2.11. The van der Waals surface area contributed by atoms with Crippen LogP contribution >= 0.6 is 34.4 Å². The van der Waals surface area contributed by atoms with Gasteiger partial charge in [0, 0.05) is 6.54 Å². The van der Waals surface area contributed by atoms with Gasteiger partial charge in [-0.05, 0) is 64.5 Å². The Labute approximate surface area is 147 Å². The van der Waals surface area contributed by atoms with E-state index in [1.165, 1.54) is 4.90 Å². The number of nitrogens with zero attached hydrogens (tertiary/aromatic N) is 1. The third kappa shape index (κ3) is 3.40. The van der Waals surface area contributed by atoms with Gasteiger partial charge in [0.05, 0.1) is 22.7 Å². The summed E-state index contributed by atoms with van der Waals surface area (Å²) in [6, 6.07) is 3.67. The molecule has 1 saturated heterocycles. The van der Waals surface area contributed by atoms with Crippen molar-refractivity contribution in [3.05, 3.63) is 26.2 Å². The maximum absolute atomic E-state index is 12.2. The molecule has 2 rings (SSSR count). The molecule has 0 saturated carbocycles. The Kier molecular flexibility index (Phi) is 5.74. The fraction of sp³-hybridized carbons (Fsp3) is 0.333. The molecule has 2 amide bonds. The molecule has 22 heavy (non-hydrogen) atoms. The summed E-state index contributed by atoms with van der Waals surface area (Å²) in [5, 5.41) is -0.215. The molecule has 1 aliphatic rings. The summed E-state index contributed by atoms with van der Waals surface area (Å²) >= 11 is 3.11. The summed E-state index contributed by atoms with van der Waals surface area (Å²) in [5.41, 5.74) is 0.795. The molecular formula is C15H16INO4S. The number of carbonyl (C=O) groups is 2. The molecule has 0 aromatic heterocycles. The topological polar surface area (TPSA) is 55.8 Å². The van der Waals surface area contributed by atoms with Gasteiger partial charge in [-0.1, -0.05) is 6.92 Å². The van der Waals surface area contributed by atoms with Gasteiger partial charge in [-0.15, -0.1) is 0 Å². The molecular weight excluding hydrogens is 417 g/mol. The van der Waals surface area contributed by atoms with Crippen LogP contribution in [0, 0.1) is 3.57 Å². The maximum Gasteiger partial charge on any atom is 0.293 e. The number of amides is 2. The largest absolute Gasteiger partial charge is 0.493 e. The molecule has 0 N–H and O–H groups in total. The van der Waals surface area contributed by atoms with Crippen molar-refractivity contribution >= 4 is 51.6 Å². The van der Waals surface area contributed by atoms with E-state index in [9.17, 15) is 9.59 Å². The predicted octanol–water partition coefficient (Wildman–Crippen LogP) is 3.75. The Morgan fingerprint density at radius 3 is 2.59 bits per heavy atom. The van der Waals surface area contributed by atoms with E-state index in [0.717, 1.165) is 27.3 Å². The summed E-state index contributed by atoms with van der Waals surface area (Å²) in [4.78, 5) is 25.8. The van der Waals surface area contributed by atoms with Gasteiger partial charge in [0.1, 0.15) is 0 Å². The Morgan fingerprint density at radius 1 is 1.27 bits per heavy atom. The van der Waals surface area contributed by atoms with Crippen molar-refractivity contribution in [2.75, 3.05) is 20.8 Å². The van der Waals surface area contributed by atoms with E-state index < -0.39 is 0 Å². The van der Waals surface area contributed by atoms with Crippen LogP contribution in [0.25, 0.3) is 6.08 Å². The highest BCUT2D eigenvalue weighted by atomic mass is 127. The molecule has 0 aliphatic carbocycles. The number of benzene rings is 1. The molecule has 0 radical (unpaired) electrons. The van der Waals surface area contributed by atoms with E-state index in [1.54, 1.807) is 26.4 Å². The highest BCUT2D eigenvalue weighted by molar-refractivity contribution is 14.1. The highest BCUT2D eigenvalue weighted by Crippen LogP contribution is 2.37. The number of carbonyl (C=O) groups excluding carboxylic acids is 2. The van der Waals surface area contributed by atoms with Crippen LogP contribution in [0.1, 0.15) is 18.9 Å². The molecule has 0 atom stereocenters. The van der Waals surface area contributed by atoms with Gasteiger partial charge in [-0.3, -0.25) is 14.5 Å². The summed E-state index contributed by atoms with van der Waals surface area (Å²) in [5.74, 6) is 1.01. The average Bonchev–Trinajstić information content (AvgIpc) is 2.74. The molecule has 0 bridgehead atoms. The minimum Gasteiger partial charge on any atom is -0.493 e. The van der Waals surface area contributed by atoms with Crippen LogP contribution in [0.5, 0.6) is 11.5 Å². The van der Waals surface area contributed by atoms with Crippen molar-refractivity contribution in [3.63, 3.8) is 0 Å². The van der Waals surface area contributed by atoms with Crippen LogP contribution in [0.15, 0.2) is 17.0 Å². The van der Waals surface area contributed by atoms with E-state index >= 15 is 0 Å². The number of methoxy groups -OCH3 is 2. The first-order valence-electron chi connectivity index (χ1n) is 6.68. The zero-order valence-corrected chi connectivity index (χ0v) is 15.5. The number of hydrogen-bond acceptors (Lipinski definition) is 5. The molecule has 0 unspecified atom stereocenters. The smallest absolute Gasteiger partial charge is 0.293 e. The van der Waals surface area contributed by atoms with Gasteiger partial charge in [-0.25, -0.2) is 0 Å². The van der Waals surface area contributed by atoms with Crippen molar-refractivity contribution < 1.29 is 19.1 Å². The van der Waals surface area contributed by atoms with Crippen LogP contribution in [-0.2, 0) is 4.79 Å². The molecule has 1 aromatic rings. The van der Waals surface area contributed by atoms with E-state index in [0.29, 0.717) is 22.9 Å². The Balaban J connectivity index is 2.36. The number of imide groups is 1. The zero-order valence-electron chi connectivity index (χ0n) is 12.5. The second-order valence-electron chi connectivity index (χ2n) is 4.57. The third-order valence-electron chi connectivity index (χ3n) is 3.07. The average molecular weight is 433 g/mol. The highest BCUT2D eigenvalue weighted by Gasteiger charge is 2.34. The minimum absolute atomic E-state index is 0.215. The van der Waals surface area contributed by atoms with E-state index in [1.807, 2.05) is 13.0 Å². The lowest BCUT2D eigenvalue weighted by Crippen LogP contribution is -2.28. The second-order valence-corrected chi connectivity index (χ2v) is 6.73. The van der Waals surface area contributed by atoms with Gasteiger partial charge in [0.15, 0.2) is 11.5 Å². The second kappa shape index (κ2) is 7.36. The van der Waals surface area contributed by atoms with Gasteiger partial charge in [0.2, 0.25) is 0 Å². The van der Waals surface area contributed by atoms with Gasteiger partial charge in [0.25, 0.3) is 11.1 Å². The molecule has 118 valence electrons. The fourth-order valence-electron chi connectivity index (χ4n) is 2.09. The summed E-state index contributed by atoms with van der Waals surface area (Å²) < 4.78 is 11.5. The normalized spacial score (nSPS) is 16.5. The van der Waals surface area contributed by atoms with Crippen LogP contribution in [0.2, 0.25) is 0 Å². The standard InChI is InChI=1S/C15H16INO4S/c1-4-5-17-14(18)12(22-15(17)19)8-9-6-10(16)13(21-3)11(7-9)20-2/h6-8H,4-5H2,1-3H3/b12-8+. The van der Waals surface area contributed by atoms with Crippen LogP contribution in [0.3, 0.4) is 0 Å². The number of halogens is 1. The molecule has 1 heterocycles. The first kappa shape index (κ1) is 17.1. The van der Waals surface area contributed by atoms with Crippen LogP contribution < -0.4 is 9.47 Å². The number of rotatable bonds is 5. The fourth-order valence-corrected chi connectivity index (χ4v) is 3.80. The van der Waals surface area contributed by atoms with Gasteiger partial charge < -0.3 is 9.47 Å². The Morgan fingerprint density at radius 2 is 2.00 bits per heavy atom. The van der Waals surface area contributed by atoms with Crippen molar-refractivity contribution in [1.82, 2.24) is 4.90 Å². The summed E-state index contributed by atoms with van der Waals surface area (Å²) in [6.07, 6.45) is 2.46. The molecule has 1 aliphatic heterocycles. The minimum atomic E-state index is -0.235. The lowest BCUT2D eigenvalue weighted by molar-refractivity contribution is -0.122. The van der Waals surface area contributed by atoms with Crippen molar-refractivity contribution in [2.24, 2.45) is 0 Å². The van der Waals surface area contributed by atoms with Crippen molar-refractivity contribution in [3.8, 4) is 11.5 Å². The van der Waals surface area contributed by atoms with E-state index in [4.69, 9.17) is 9.47 Å². The maximum atomic E-state index is 12.2. The van der Waals surface area contributed by atoms with Crippen LogP contribution in [0.4, 0.5) is 4.79 Å². The molecule has 1 aromatic carbocycles. The molecule has 0 spiro atoms. The number of hydrogen-bond donors (Lipinski definition) is 0. The predicted molar refractivity (Wildman–Crippen MR) is 95.2 cm³/mol. The SMILES string of the molecule is CCCN1C(=O)S/C(=C/c2cc(I)c(OC)c(OC)c2)C1=O. The quantitative estimate of drug-likeness (QED) is 0.523. The number of ether oxygens (including phenoxy) is 2. The lowest BCUT2D eigenvalue weighted by atomic mass is 10.2.